The zero-order valence-corrected chi connectivity index (χ0v) is 17.0. The molecule has 0 heterocycles. The molecule has 0 aliphatic heterocycles. The third-order valence-corrected chi connectivity index (χ3v) is 8.89. The Bertz CT molecular complexity index is 623. The lowest BCUT2D eigenvalue weighted by Gasteiger charge is -2.55. The van der Waals surface area contributed by atoms with Gasteiger partial charge in [0.1, 0.15) is 5.78 Å². The monoisotopic (exact) mass is 360 g/mol. The Balaban J connectivity index is 1.61. The number of ketones is 1. The van der Waals surface area contributed by atoms with Crippen LogP contribution >= 0.6 is 0 Å². The Morgan fingerprint density at radius 2 is 1.96 bits per heavy atom. The van der Waals surface area contributed by atoms with Crippen molar-refractivity contribution < 1.29 is 14.6 Å². The van der Waals surface area contributed by atoms with Crippen molar-refractivity contribution in [3.05, 3.63) is 11.1 Å². The molecular formula is C23H36O3. The maximum absolute atomic E-state index is 12.2. The third-order valence-electron chi connectivity index (χ3n) is 8.89. The van der Waals surface area contributed by atoms with Gasteiger partial charge < -0.3 is 9.84 Å². The highest BCUT2D eigenvalue weighted by Gasteiger charge is 2.57. The van der Waals surface area contributed by atoms with Gasteiger partial charge in [-0.25, -0.2) is 0 Å². The predicted molar refractivity (Wildman–Crippen MR) is 103 cm³/mol. The van der Waals surface area contributed by atoms with Crippen LogP contribution in [0.25, 0.3) is 0 Å². The summed E-state index contributed by atoms with van der Waals surface area (Å²) in [5.74, 6) is 3.60. The Hall–Kier alpha value is -0.670. The number of allylic oxidation sites excluding steroid dienone is 1. The van der Waals surface area contributed by atoms with Crippen molar-refractivity contribution in [1.29, 1.82) is 0 Å². The molecule has 0 spiro atoms. The number of carbonyl (C=O) groups excluding carboxylic acids is 1. The van der Waals surface area contributed by atoms with Gasteiger partial charge in [0.05, 0.1) is 12.2 Å². The molecule has 0 aromatic heterocycles. The van der Waals surface area contributed by atoms with Crippen molar-refractivity contribution in [2.45, 2.75) is 77.7 Å². The van der Waals surface area contributed by atoms with E-state index < -0.39 is 5.60 Å². The molecule has 4 aliphatic rings. The molecule has 4 aliphatic carbocycles. The van der Waals surface area contributed by atoms with E-state index >= 15 is 0 Å². The highest BCUT2D eigenvalue weighted by Crippen LogP contribution is 2.64. The zero-order valence-electron chi connectivity index (χ0n) is 17.0. The summed E-state index contributed by atoms with van der Waals surface area (Å²) in [5, 5.41) is 10.9. The second-order valence-corrected chi connectivity index (χ2v) is 10.2. The summed E-state index contributed by atoms with van der Waals surface area (Å²) in [7, 11) is 1.69. The van der Waals surface area contributed by atoms with Gasteiger partial charge >= 0.3 is 0 Å². The minimum absolute atomic E-state index is 0.232. The fourth-order valence-electron chi connectivity index (χ4n) is 7.77. The van der Waals surface area contributed by atoms with E-state index in [1.54, 1.807) is 12.7 Å². The molecule has 3 fully saturated rings. The normalized spacial score (nSPS) is 48.0. The third kappa shape index (κ3) is 2.73. The fourth-order valence-corrected chi connectivity index (χ4v) is 7.77. The largest absolute Gasteiger partial charge is 0.387 e. The van der Waals surface area contributed by atoms with E-state index in [-0.39, 0.29) is 11.3 Å². The second kappa shape index (κ2) is 6.44. The smallest absolute Gasteiger partial charge is 0.133 e. The SMILES string of the molecule is COC[C@@]1(O)CC[C@H]2C(=C(C)CC3C2CC[C@@]2(C)C3CC[C@@H]2C(C)=O)C1. The quantitative estimate of drug-likeness (QED) is 0.752. The van der Waals surface area contributed by atoms with E-state index in [9.17, 15) is 9.90 Å². The van der Waals surface area contributed by atoms with Crippen molar-refractivity contribution in [3.8, 4) is 0 Å². The van der Waals surface area contributed by atoms with Crippen molar-refractivity contribution in [3.63, 3.8) is 0 Å². The maximum atomic E-state index is 12.2. The van der Waals surface area contributed by atoms with Crippen molar-refractivity contribution in [2.75, 3.05) is 13.7 Å². The molecule has 3 unspecified atom stereocenters. The van der Waals surface area contributed by atoms with Gasteiger partial charge in [-0.3, -0.25) is 4.79 Å². The zero-order chi connectivity index (χ0) is 18.7. The Morgan fingerprint density at radius 3 is 2.65 bits per heavy atom. The topological polar surface area (TPSA) is 46.5 Å². The van der Waals surface area contributed by atoms with Gasteiger partial charge in [-0.15, -0.1) is 0 Å². The first-order valence-corrected chi connectivity index (χ1v) is 10.7. The molecule has 0 radical (unpaired) electrons. The van der Waals surface area contributed by atoms with Crippen LogP contribution < -0.4 is 0 Å². The van der Waals surface area contributed by atoms with Gasteiger partial charge in [-0.2, -0.15) is 0 Å². The lowest BCUT2D eigenvalue weighted by atomic mass is 9.50. The van der Waals surface area contributed by atoms with Gasteiger partial charge in [-0.1, -0.05) is 18.1 Å². The minimum atomic E-state index is -0.662. The number of Topliss-reactive ketones (excluding diaryl/α,β-unsaturated/α-hetero) is 1. The Morgan fingerprint density at radius 1 is 1.19 bits per heavy atom. The van der Waals surface area contributed by atoms with E-state index in [1.807, 2.05) is 6.92 Å². The molecule has 0 aromatic rings. The molecule has 4 rings (SSSR count). The number of hydrogen-bond acceptors (Lipinski definition) is 3. The van der Waals surface area contributed by atoms with Gasteiger partial charge in [0.25, 0.3) is 0 Å². The molecule has 0 aromatic carbocycles. The van der Waals surface area contributed by atoms with E-state index in [0.29, 0.717) is 24.2 Å². The average molecular weight is 361 g/mol. The molecule has 0 amide bonds. The summed E-state index contributed by atoms with van der Waals surface area (Å²) < 4.78 is 5.31. The van der Waals surface area contributed by atoms with Crippen LogP contribution in [0, 0.1) is 35.0 Å². The summed E-state index contributed by atoms with van der Waals surface area (Å²) in [6.45, 7) is 6.98. The molecule has 26 heavy (non-hydrogen) atoms. The standard InChI is InChI=1S/C23H36O3/c1-14-11-18-16(17-8-10-23(25,13-26-4)12-19(14)17)7-9-22(3)20(15(2)24)5-6-21(18)22/h16-18,20-21,25H,5-13H2,1-4H3/t16?,17-,18?,20-,21?,22-,23-/m1/s1. The lowest BCUT2D eigenvalue weighted by Crippen LogP contribution is -2.49. The lowest BCUT2D eigenvalue weighted by molar-refractivity contribution is -0.127. The summed E-state index contributed by atoms with van der Waals surface area (Å²) in [6.07, 6.45) is 8.79. The van der Waals surface area contributed by atoms with Gasteiger partial charge in [-0.05, 0) is 94.3 Å². The van der Waals surface area contributed by atoms with Gasteiger partial charge in [0.15, 0.2) is 0 Å². The predicted octanol–water partition coefficient (Wildman–Crippen LogP) is 4.53. The second-order valence-electron chi connectivity index (χ2n) is 10.2. The first kappa shape index (κ1) is 18.7. The van der Waals surface area contributed by atoms with E-state index in [0.717, 1.165) is 37.5 Å². The van der Waals surface area contributed by atoms with Crippen molar-refractivity contribution in [1.82, 2.24) is 0 Å². The minimum Gasteiger partial charge on any atom is -0.387 e. The van der Waals surface area contributed by atoms with Crippen molar-refractivity contribution >= 4 is 5.78 Å². The molecule has 3 heteroatoms. The molecule has 0 bridgehead atoms. The van der Waals surface area contributed by atoms with E-state index in [4.69, 9.17) is 4.74 Å². The average Bonchev–Trinajstić information content (AvgIpc) is 2.93. The van der Waals surface area contributed by atoms with Gasteiger partial charge in [0, 0.05) is 13.0 Å². The van der Waals surface area contributed by atoms with Crippen LogP contribution in [0.3, 0.4) is 0 Å². The highest BCUT2D eigenvalue weighted by atomic mass is 16.5. The van der Waals surface area contributed by atoms with E-state index in [2.05, 4.69) is 13.8 Å². The van der Waals surface area contributed by atoms with Crippen LogP contribution in [0.2, 0.25) is 0 Å². The Labute approximate surface area is 158 Å². The van der Waals surface area contributed by atoms with Gasteiger partial charge in [0.2, 0.25) is 0 Å². The first-order chi connectivity index (χ1) is 12.3. The first-order valence-electron chi connectivity index (χ1n) is 10.7. The van der Waals surface area contributed by atoms with Crippen LogP contribution in [0.4, 0.5) is 0 Å². The summed E-state index contributed by atoms with van der Waals surface area (Å²) in [5.41, 5.74) is 2.64. The number of hydrogen-bond donors (Lipinski definition) is 1. The molecule has 1 N–H and O–H groups in total. The van der Waals surface area contributed by atoms with Crippen molar-refractivity contribution in [2.24, 2.45) is 35.0 Å². The molecular weight excluding hydrogens is 324 g/mol. The maximum Gasteiger partial charge on any atom is 0.133 e. The number of rotatable bonds is 3. The number of fused-ring (bicyclic) bond motifs is 5. The number of ether oxygens (including phenoxy) is 1. The molecule has 3 saturated carbocycles. The molecule has 3 nitrogen and oxygen atoms in total. The number of aliphatic hydroxyl groups is 1. The van der Waals surface area contributed by atoms with Crippen LogP contribution in [0.5, 0.6) is 0 Å². The fraction of sp³-hybridized carbons (Fsp3) is 0.870. The highest BCUT2D eigenvalue weighted by molar-refractivity contribution is 5.79. The summed E-state index contributed by atoms with van der Waals surface area (Å²) in [6, 6.07) is 0. The number of carbonyl (C=O) groups is 1. The molecule has 146 valence electrons. The van der Waals surface area contributed by atoms with E-state index in [1.165, 1.54) is 31.3 Å². The van der Waals surface area contributed by atoms with Crippen LogP contribution in [0.15, 0.2) is 11.1 Å². The van der Waals surface area contributed by atoms with Crippen LogP contribution in [0.1, 0.15) is 72.1 Å². The van der Waals surface area contributed by atoms with Crippen LogP contribution in [-0.2, 0) is 9.53 Å². The molecule has 7 atom stereocenters. The van der Waals surface area contributed by atoms with Crippen LogP contribution in [-0.4, -0.2) is 30.2 Å². The number of methoxy groups -OCH3 is 1. The summed E-state index contributed by atoms with van der Waals surface area (Å²) >= 11 is 0. The Kier molecular flexibility index (Phi) is 4.63. The summed E-state index contributed by atoms with van der Waals surface area (Å²) in [4.78, 5) is 12.2. The molecule has 0 saturated heterocycles.